The van der Waals surface area contributed by atoms with Gasteiger partial charge in [0, 0.05) is 5.69 Å². The third-order valence-corrected chi connectivity index (χ3v) is 3.80. The monoisotopic (exact) mass is 254 g/mol. The number of benzene rings is 1. The molecule has 0 bridgehead atoms. The van der Waals surface area contributed by atoms with Crippen molar-refractivity contribution in [2.45, 2.75) is 38.1 Å². The second-order valence-corrected chi connectivity index (χ2v) is 5.32. The summed E-state index contributed by atoms with van der Waals surface area (Å²) in [6.07, 6.45) is 3.90. The Morgan fingerprint density at radius 3 is 2.32 bits per heavy atom. The van der Waals surface area contributed by atoms with Crippen LogP contribution in [-0.2, 0) is 0 Å². The van der Waals surface area contributed by atoms with Gasteiger partial charge in [0.25, 0.3) is 0 Å². The molecule has 0 unspecified atom stereocenters. The summed E-state index contributed by atoms with van der Waals surface area (Å²) >= 11 is 0. The maximum atomic E-state index is 9.39. The van der Waals surface area contributed by atoms with Gasteiger partial charge in [0.1, 0.15) is 5.54 Å². The molecule has 0 aliphatic heterocycles. The number of hydrazine groups is 1. The summed E-state index contributed by atoms with van der Waals surface area (Å²) in [5.74, 6) is 0.707. The number of nitrogens with zero attached hydrogens (tertiary/aromatic N) is 2. The molecule has 98 valence electrons. The summed E-state index contributed by atoms with van der Waals surface area (Å²) in [5.41, 5.74) is 7.28. The predicted octanol–water partition coefficient (Wildman–Crippen LogP) is 2.95. The summed E-state index contributed by atoms with van der Waals surface area (Å²) in [5, 5.41) is 18.1. The second kappa shape index (κ2) is 5.73. The van der Waals surface area contributed by atoms with Crippen molar-refractivity contribution >= 4 is 5.69 Å². The van der Waals surface area contributed by atoms with Gasteiger partial charge >= 0.3 is 0 Å². The summed E-state index contributed by atoms with van der Waals surface area (Å²) in [6.45, 7) is 2.23. The Morgan fingerprint density at radius 1 is 1.16 bits per heavy atom. The first-order valence-corrected chi connectivity index (χ1v) is 6.62. The summed E-state index contributed by atoms with van der Waals surface area (Å²) in [4.78, 5) is 0. The standard InChI is InChI=1S/C15H18N4/c1-12-6-8-15(11-17,9-7-12)19-18-14-4-2-13(10-16)3-5-14/h2-5,12,18-19H,6-9H2,1H3. The predicted molar refractivity (Wildman–Crippen MR) is 73.9 cm³/mol. The Labute approximate surface area is 114 Å². The van der Waals surface area contributed by atoms with Gasteiger partial charge in [0.15, 0.2) is 0 Å². The van der Waals surface area contributed by atoms with E-state index in [0.29, 0.717) is 11.5 Å². The Hall–Kier alpha value is -2.04. The Morgan fingerprint density at radius 2 is 1.79 bits per heavy atom. The lowest BCUT2D eigenvalue weighted by molar-refractivity contribution is 0.261. The lowest BCUT2D eigenvalue weighted by atomic mass is 9.78. The fraction of sp³-hybridized carbons (Fsp3) is 0.467. The van der Waals surface area contributed by atoms with Crippen LogP contribution >= 0.6 is 0 Å². The normalized spacial score (nSPS) is 26.2. The SMILES string of the molecule is CC1CCC(C#N)(NNc2ccc(C#N)cc2)CC1. The average Bonchev–Trinajstić information content (AvgIpc) is 2.48. The van der Waals surface area contributed by atoms with Crippen molar-refractivity contribution in [3.05, 3.63) is 29.8 Å². The minimum Gasteiger partial charge on any atom is -0.320 e. The molecule has 0 atom stereocenters. The van der Waals surface area contributed by atoms with Gasteiger partial charge < -0.3 is 5.43 Å². The topological polar surface area (TPSA) is 71.6 Å². The van der Waals surface area contributed by atoms with Crippen molar-refractivity contribution in [3.63, 3.8) is 0 Å². The molecule has 1 aromatic rings. The van der Waals surface area contributed by atoms with Crippen LogP contribution in [0.3, 0.4) is 0 Å². The van der Waals surface area contributed by atoms with Crippen molar-refractivity contribution in [3.8, 4) is 12.1 Å². The number of nitriles is 2. The van der Waals surface area contributed by atoms with Gasteiger partial charge in [-0.3, -0.25) is 0 Å². The first kappa shape index (κ1) is 13.4. The molecule has 0 spiro atoms. The molecule has 4 heteroatoms. The number of hydrogen-bond acceptors (Lipinski definition) is 4. The number of nitrogens with one attached hydrogen (secondary N) is 2. The lowest BCUT2D eigenvalue weighted by Crippen LogP contribution is -2.49. The highest BCUT2D eigenvalue weighted by Gasteiger charge is 2.34. The van der Waals surface area contributed by atoms with E-state index in [2.05, 4.69) is 29.9 Å². The third-order valence-electron chi connectivity index (χ3n) is 3.80. The van der Waals surface area contributed by atoms with E-state index in [9.17, 15) is 5.26 Å². The average molecular weight is 254 g/mol. The maximum Gasteiger partial charge on any atom is 0.123 e. The first-order chi connectivity index (χ1) is 9.17. The van der Waals surface area contributed by atoms with Crippen LogP contribution in [0.2, 0.25) is 0 Å². The van der Waals surface area contributed by atoms with E-state index < -0.39 is 5.54 Å². The van der Waals surface area contributed by atoms with Crippen LogP contribution < -0.4 is 10.9 Å². The van der Waals surface area contributed by atoms with Crippen LogP contribution in [0, 0.1) is 28.6 Å². The molecular weight excluding hydrogens is 236 g/mol. The Bertz CT molecular complexity index is 498. The fourth-order valence-corrected chi connectivity index (χ4v) is 2.34. The molecule has 4 nitrogen and oxygen atoms in total. The van der Waals surface area contributed by atoms with Crippen LogP contribution in [0.25, 0.3) is 0 Å². The van der Waals surface area contributed by atoms with Crippen LogP contribution in [0.5, 0.6) is 0 Å². The van der Waals surface area contributed by atoms with Crippen molar-refractivity contribution in [2.75, 3.05) is 5.43 Å². The zero-order chi connectivity index (χ0) is 13.7. The molecule has 1 aliphatic rings. The molecule has 1 saturated carbocycles. The summed E-state index contributed by atoms with van der Waals surface area (Å²) in [6, 6.07) is 11.7. The highest BCUT2D eigenvalue weighted by Crippen LogP contribution is 2.31. The van der Waals surface area contributed by atoms with Crippen LogP contribution in [0.15, 0.2) is 24.3 Å². The van der Waals surface area contributed by atoms with Gasteiger partial charge in [-0.05, 0) is 55.9 Å². The van der Waals surface area contributed by atoms with Gasteiger partial charge in [0.2, 0.25) is 0 Å². The van der Waals surface area contributed by atoms with Gasteiger partial charge in [-0.15, -0.1) is 0 Å². The van der Waals surface area contributed by atoms with E-state index in [1.807, 2.05) is 12.1 Å². The number of hydrogen-bond donors (Lipinski definition) is 2. The summed E-state index contributed by atoms with van der Waals surface area (Å²) in [7, 11) is 0. The fourth-order valence-electron chi connectivity index (χ4n) is 2.34. The highest BCUT2D eigenvalue weighted by molar-refractivity contribution is 5.46. The van der Waals surface area contributed by atoms with Gasteiger partial charge in [-0.2, -0.15) is 10.5 Å². The largest absolute Gasteiger partial charge is 0.320 e. The summed E-state index contributed by atoms with van der Waals surface area (Å²) < 4.78 is 0. The van der Waals surface area contributed by atoms with Crippen molar-refractivity contribution < 1.29 is 0 Å². The van der Waals surface area contributed by atoms with Gasteiger partial charge in [-0.25, -0.2) is 5.43 Å². The van der Waals surface area contributed by atoms with Crippen LogP contribution in [0.1, 0.15) is 38.2 Å². The molecule has 1 fully saturated rings. The van der Waals surface area contributed by atoms with Crippen LogP contribution in [0.4, 0.5) is 5.69 Å². The van der Waals surface area contributed by atoms with E-state index in [1.54, 1.807) is 12.1 Å². The molecule has 0 saturated heterocycles. The maximum absolute atomic E-state index is 9.39. The van der Waals surface area contributed by atoms with Gasteiger partial charge in [0.05, 0.1) is 17.7 Å². The number of anilines is 1. The third kappa shape index (κ3) is 3.24. The van der Waals surface area contributed by atoms with Crippen molar-refractivity contribution in [1.29, 1.82) is 10.5 Å². The molecule has 0 aromatic heterocycles. The van der Waals surface area contributed by atoms with E-state index in [-0.39, 0.29) is 0 Å². The molecule has 19 heavy (non-hydrogen) atoms. The van der Waals surface area contributed by atoms with E-state index in [0.717, 1.165) is 31.4 Å². The van der Waals surface area contributed by atoms with E-state index in [4.69, 9.17) is 5.26 Å². The van der Waals surface area contributed by atoms with Crippen molar-refractivity contribution in [1.82, 2.24) is 5.43 Å². The Balaban J connectivity index is 1.96. The molecule has 1 aromatic carbocycles. The molecular formula is C15H18N4. The zero-order valence-corrected chi connectivity index (χ0v) is 11.1. The minimum absolute atomic E-state index is 0.472. The van der Waals surface area contributed by atoms with E-state index in [1.165, 1.54) is 0 Å². The van der Waals surface area contributed by atoms with Crippen molar-refractivity contribution in [2.24, 2.45) is 5.92 Å². The van der Waals surface area contributed by atoms with E-state index >= 15 is 0 Å². The molecule has 2 rings (SSSR count). The second-order valence-electron chi connectivity index (χ2n) is 5.32. The minimum atomic E-state index is -0.472. The number of rotatable bonds is 3. The molecule has 0 amide bonds. The Kier molecular flexibility index (Phi) is 4.04. The molecule has 2 N–H and O–H groups in total. The highest BCUT2D eigenvalue weighted by atomic mass is 15.4. The first-order valence-electron chi connectivity index (χ1n) is 6.62. The zero-order valence-electron chi connectivity index (χ0n) is 11.1. The molecule has 1 aliphatic carbocycles. The lowest BCUT2D eigenvalue weighted by Gasteiger charge is -2.34. The van der Waals surface area contributed by atoms with Crippen LogP contribution in [-0.4, -0.2) is 5.54 Å². The molecule has 0 heterocycles. The molecule has 0 radical (unpaired) electrons. The smallest absolute Gasteiger partial charge is 0.123 e. The quantitative estimate of drug-likeness (QED) is 0.813. The van der Waals surface area contributed by atoms with Gasteiger partial charge in [-0.1, -0.05) is 6.92 Å².